The zero-order chi connectivity index (χ0) is 8.62. The van der Waals surface area contributed by atoms with E-state index in [1.54, 1.807) is 4.72 Å². The molecule has 0 aromatic heterocycles. The fourth-order valence-corrected chi connectivity index (χ4v) is 0.493. The van der Waals surface area contributed by atoms with Gasteiger partial charge in [-0.25, -0.2) is 0 Å². The monoisotopic (exact) mass is 165 g/mol. The van der Waals surface area contributed by atoms with Gasteiger partial charge in [0.15, 0.2) is 0 Å². The summed E-state index contributed by atoms with van der Waals surface area (Å²) in [6.07, 6.45) is 1.33. The van der Waals surface area contributed by atoms with Crippen LogP contribution in [0.3, 0.4) is 0 Å². The molecule has 0 fully saturated rings. The van der Waals surface area contributed by atoms with Crippen LogP contribution >= 0.6 is 0 Å². The molecule has 0 atom stereocenters. The lowest BCUT2D eigenvalue weighted by Gasteiger charge is -1.91. The smallest absolute Gasteiger partial charge is 0.273 e. The van der Waals surface area contributed by atoms with Crippen molar-refractivity contribution >= 4 is 10.3 Å². The minimum absolute atomic E-state index is 0.0544. The maximum Gasteiger partial charge on any atom is 0.333 e. The molecule has 0 saturated heterocycles. The molecular formula is C5H11NO3S. The Kier molecular flexibility index (Phi) is 7.81. The molecule has 0 rings (SSSR count). The summed E-state index contributed by atoms with van der Waals surface area (Å²) in [5.41, 5.74) is 0. The fourth-order valence-electron chi connectivity index (χ4n) is 0.164. The second-order valence-electron chi connectivity index (χ2n) is 1.11. The van der Waals surface area contributed by atoms with Gasteiger partial charge in [-0.15, -0.1) is 19.7 Å². The number of hydrogen-bond donors (Lipinski definition) is 2. The first-order chi connectivity index (χ1) is 4.56. The van der Waals surface area contributed by atoms with Gasteiger partial charge in [-0.3, -0.25) is 4.55 Å². The van der Waals surface area contributed by atoms with Crippen LogP contribution in [-0.4, -0.2) is 19.5 Å². The number of nitrogens with one attached hydrogen (secondary N) is 1. The molecule has 0 aromatic carbocycles. The summed E-state index contributed by atoms with van der Waals surface area (Å²) in [6, 6.07) is 0. The summed E-state index contributed by atoms with van der Waals surface area (Å²) in [5, 5.41) is 0. The molecule has 0 heterocycles. The molecular weight excluding hydrogens is 154 g/mol. The minimum Gasteiger partial charge on any atom is -0.273 e. The topological polar surface area (TPSA) is 66.4 Å². The molecule has 0 bridgehead atoms. The molecule has 4 nitrogen and oxygen atoms in total. The first kappa shape index (κ1) is 12.1. The van der Waals surface area contributed by atoms with Crippen molar-refractivity contribution in [3.8, 4) is 0 Å². The van der Waals surface area contributed by atoms with E-state index in [1.165, 1.54) is 6.08 Å². The zero-order valence-corrected chi connectivity index (χ0v) is 6.39. The van der Waals surface area contributed by atoms with Gasteiger partial charge in [0.25, 0.3) is 0 Å². The van der Waals surface area contributed by atoms with Crippen molar-refractivity contribution in [2.75, 3.05) is 6.54 Å². The molecule has 0 aliphatic rings. The maximum atomic E-state index is 9.79. The quantitative estimate of drug-likeness (QED) is 0.469. The summed E-state index contributed by atoms with van der Waals surface area (Å²) >= 11 is 0. The van der Waals surface area contributed by atoms with Crippen LogP contribution < -0.4 is 4.72 Å². The van der Waals surface area contributed by atoms with Gasteiger partial charge in [0.05, 0.1) is 0 Å². The van der Waals surface area contributed by atoms with E-state index in [9.17, 15) is 8.42 Å². The van der Waals surface area contributed by atoms with E-state index in [1.807, 2.05) is 0 Å². The Morgan fingerprint density at radius 2 is 1.90 bits per heavy atom. The molecule has 0 aromatic rings. The van der Waals surface area contributed by atoms with Crippen LogP contribution in [0, 0.1) is 0 Å². The van der Waals surface area contributed by atoms with Gasteiger partial charge >= 0.3 is 10.3 Å². The Bertz CT molecular complexity index is 173. The van der Waals surface area contributed by atoms with Gasteiger partial charge in [0.2, 0.25) is 0 Å². The Labute approximate surface area is 61.1 Å². The lowest BCUT2D eigenvalue weighted by atomic mass is 10.7. The third-order valence-corrected chi connectivity index (χ3v) is 0.942. The van der Waals surface area contributed by atoms with E-state index < -0.39 is 10.3 Å². The summed E-state index contributed by atoms with van der Waals surface area (Å²) < 4.78 is 29.3. The van der Waals surface area contributed by atoms with Crippen molar-refractivity contribution in [1.29, 1.82) is 0 Å². The van der Waals surface area contributed by atoms with Crippen molar-refractivity contribution in [3.05, 3.63) is 25.8 Å². The van der Waals surface area contributed by atoms with E-state index in [0.717, 1.165) is 0 Å². The normalized spacial score (nSPS) is 9.30. The Balaban J connectivity index is 0. The van der Waals surface area contributed by atoms with E-state index in [0.29, 0.717) is 0 Å². The number of hydrogen-bond acceptors (Lipinski definition) is 2. The van der Waals surface area contributed by atoms with Crippen molar-refractivity contribution in [3.63, 3.8) is 0 Å². The van der Waals surface area contributed by atoms with Crippen LogP contribution in [0.4, 0.5) is 0 Å². The first-order valence-corrected chi connectivity index (χ1v) is 3.83. The summed E-state index contributed by atoms with van der Waals surface area (Å²) in [6.45, 7) is 9.28. The average Bonchev–Trinajstić information content (AvgIpc) is 1.87. The lowest BCUT2D eigenvalue weighted by molar-refractivity contribution is 0.471. The summed E-state index contributed by atoms with van der Waals surface area (Å²) in [4.78, 5) is 0. The molecule has 0 spiro atoms. The van der Waals surface area contributed by atoms with Gasteiger partial charge in [0, 0.05) is 6.54 Å². The van der Waals surface area contributed by atoms with Gasteiger partial charge in [0.1, 0.15) is 0 Å². The lowest BCUT2D eigenvalue weighted by Crippen LogP contribution is -2.21. The first-order valence-electron chi connectivity index (χ1n) is 2.39. The molecule has 60 valence electrons. The summed E-state index contributed by atoms with van der Waals surface area (Å²) in [5.74, 6) is 0. The van der Waals surface area contributed by atoms with Crippen LogP contribution in [0.5, 0.6) is 0 Å². The molecule has 0 saturated carbocycles. The molecule has 0 aliphatic heterocycles. The predicted octanol–water partition coefficient (Wildman–Crippen LogP) is 0.367. The average molecular weight is 165 g/mol. The van der Waals surface area contributed by atoms with Crippen LogP contribution in [-0.2, 0) is 10.3 Å². The van der Waals surface area contributed by atoms with Gasteiger partial charge in [-0.05, 0) is 0 Å². The Hall–Kier alpha value is -0.650. The number of rotatable bonds is 3. The van der Waals surface area contributed by atoms with Crippen molar-refractivity contribution < 1.29 is 13.0 Å². The Morgan fingerprint density at radius 3 is 2.00 bits per heavy atom. The molecule has 10 heavy (non-hydrogen) atoms. The molecule has 0 aliphatic carbocycles. The predicted molar refractivity (Wildman–Crippen MR) is 41.0 cm³/mol. The largest absolute Gasteiger partial charge is 0.333 e. The minimum atomic E-state index is -4.01. The third kappa shape index (κ3) is 15.7. The van der Waals surface area contributed by atoms with Crippen molar-refractivity contribution in [2.45, 2.75) is 0 Å². The van der Waals surface area contributed by atoms with Gasteiger partial charge in [-0.2, -0.15) is 13.1 Å². The van der Waals surface area contributed by atoms with E-state index in [2.05, 4.69) is 19.7 Å². The molecule has 5 heteroatoms. The highest BCUT2D eigenvalue weighted by atomic mass is 32.2. The highest BCUT2D eigenvalue weighted by Gasteiger charge is 1.96. The van der Waals surface area contributed by atoms with Crippen LogP contribution in [0.25, 0.3) is 0 Å². The van der Waals surface area contributed by atoms with Gasteiger partial charge in [-0.1, -0.05) is 6.08 Å². The Morgan fingerprint density at radius 1 is 1.50 bits per heavy atom. The second kappa shape index (κ2) is 6.47. The van der Waals surface area contributed by atoms with Crippen molar-refractivity contribution in [1.82, 2.24) is 4.72 Å². The SMILES string of the molecule is C=C.C=CCNS(=O)(=O)O. The molecule has 0 unspecified atom stereocenters. The summed E-state index contributed by atoms with van der Waals surface area (Å²) in [7, 11) is -4.01. The van der Waals surface area contributed by atoms with E-state index in [-0.39, 0.29) is 6.54 Å². The van der Waals surface area contributed by atoms with Gasteiger partial charge < -0.3 is 0 Å². The standard InChI is InChI=1S/C3H7NO3S.C2H4/c1-2-3-4-8(5,6)7;1-2/h2,4H,1,3H2,(H,5,6,7);1-2H2. The van der Waals surface area contributed by atoms with Crippen molar-refractivity contribution in [2.24, 2.45) is 0 Å². The van der Waals surface area contributed by atoms with Crippen LogP contribution in [0.2, 0.25) is 0 Å². The molecule has 2 N–H and O–H groups in total. The highest BCUT2D eigenvalue weighted by Crippen LogP contribution is 1.69. The van der Waals surface area contributed by atoms with Crippen LogP contribution in [0.15, 0.2) is 25.8 Å². The highest BCUT2D eigenvalue weighted by molar-refractivity contribution is 7.83. The molecule has 0 radical (unpaired) electrons. The molecule has 0 amide bonds. The zero-order valence-electron chi connectivity index (χ0n) is 5.58. The van der Waals surface area contributed by atoms with E-state index >= 15 is 0 Å². The van der Waals surface area contributed by atoms with Crippen LogP contribution in [0.1, 0.15) is 0 Å². The maximum absolute atomic E-state index is 9.79. The third-order valence-electron chi connectivity index (χ3n) is 0.410. The van der Waals surface area contributed by atoms with E-state index in [4.69, 9.17) is 4.55 Å². The second-order valence-corrected chi connectivity index (χ2v) is 2.35. The fraction of sp³-hybridized carbons (Fsp3) is 0.200.